The van der Waals surface area contributed by atoms with Crippen molar-refractivity contribution in [2.45, 2.75) is 19.8 Å². The van der Waals surface area contributed by atoms with Gasteiger partial charge in [-0.2, -0.15) is 0 Å². The lowest BCUT2D eigenvalue weighted by Gasteiger charge is -2.17. The molecule has 50 valence electrons. The van der Waals surface area contributed by atoms with Crippen LogP contribution in [-0.2, 0) is 4.79 Å². The molecule has 1 aliphatic rings. The molecule has 0 bridgehead atoms. The van der Waals surface area contributed by atoms with Crippen molar-refractivity contribution in [3.63, 3.8) is 0 Å². The highest BCUT2D eigenvalue weighted by Gasteiger charge is 2.15. The lowest BCUT2D eigenvalue weighted by molar-refractivity contribution is -0.112. The lowest BCUT2D eigenvalue weighted by Crippen LogP contribution is -2.13. The van der Waals surface area contributed by atoms with Gasteiger partial charge in [-0.25, -0.2) is 0 Å². The standard InChI is InChI=1S/C8H12O/c1-7-4-2-3-5-8(7)6-9/h2,4,6-8H,3,5H2,1H3/t7?,8-/m0/s1. The van der Waals surface area contributed by atoms with E-state index in [4.69, 9.17) is 0 Å². The number of hydrogen-bond acceptors (Lipinski definition) is 1. The third-order valence-corrected chi connectivity index (χ3v) is 1.96. The van der Waals surface area contributed by atoms with Crippen molar-refractivity contribution < 1.29 is 4.79 Å². The van der Waals surface area contributed by atoms with Gasteiger partial charge in [-0.1, -0.05) is 19.1 Å². The number of carbonyl (C=O) groups is 1. The van der Waals surface area contributed by atoms with Crippen LogP contribution in [0, 0.1) is 11.8 Å². The predicted molar refractivity (Wildman–Crippen MR) is 37.1 cm³/mol. The van der Waals surface area contributed by atoms with E-state index in [-0.39, 0.29) is 5.92 Å². The second-order valence-corrected chi connectivity index (χ2v) is 2.66. The molecule has 2 atom stereocenters. The smallest absolute Gasteiger partial charge is 0.123 e. The van der Waals surface area contributed by atoms with Gasteiger partial charge in [-0.3, -0.25) is 0 Å². The largest absolute Gasteiger partial charge is 0.303 e. The quantitative estimate of drug-likeness (QED) is 0.384. The Hall–Kier alpha value is -0.590. The molecule has 0 radical (unpaired) electrons. The molecule has 0 amide bonds. The van der Waals surface area contributed by atoms with E-state index in [9.17, 15) is 4.79 Å². The first-order valence-electron chi connectivity index (χ1n) is 3.46. The van der Waals surface area contributed by atoms with Crippen LogP contribution in [-0.4, -0.2) is 6.29 Å². The van der Waals surface area contributed by atoms with Crippen molar-refractivity contribution in [1.82, 2.24) is 0 Å². The van der Waals surface area contributed by atoms with Crippen LogP contribution < -0.4 is 0 Å². The van der Waals surface area contributed by atoms with Gasteiger partial charge in [0, 0.05) is 5.92 Å². The number of hydrogen-bond donors (Lipinski definition) is 0. The number of allylic oxidation sites excluding steroid dienone is 2. The average molecular weight is 124 g/mol. The topological polar surface area (TPSA) is 17.1 Å². The molecule has 1 aliphatic carbocycles. The first kappa shape index (κ1) is 6.53. The Morgan fingerprint density at radius 2 is 2.44 bits per heavy atom. The fraction of sp³-hybridized carbons (Fsp3) is 0.625. The molecular weight excluding hydrogens is 112 g/mol. The van der Waals surface area contributed by atoms with E-state index in [1.165, 1.54) is 0 Å². The van der Waals surface area contributed by atoms with E-state index in [1.807, 2.05) is 0 Å². The SMILES string of the molecule is CC1C=CCC[C@H]1C=O. The fourth-order valence-electron chi connectivity index (χ4n) is 1.20. The summed E-state index contributed by atoms with van der Waals surface area (Å²) in [4.78, 5) is 10.3. The molecule has 0 saturated carbocycles. The summed E-state index contributed by atoms with van der Waals surface area (Å²) in [5, 5.41) is 0. The monoisotopic (exact) mass is 124 g/mol. The first-order valence-corrected chi connectivity index (χ1v) is 3.46. The molecule has 0 aromatic carbocycles. The third-order valence-electron chi connectivity index (χ3n) is 1.96. The normalized spacial score (nSPS) is 34.3. The van der Waals surface area contributed by atoms with Crippen LogP contribution in [0.5, 0.6) is 0 Å². The fourth-order valence-corrected chi connectivity index (χ4v) is 1.20. The second-order valence-electron chi connectivity index (χ2n) is 2.66. The van der Waals surface area contributed by atoms with E-state index >= 15 is 0 Å². The van der Waals surface area contributed by atoms with E-state index in [1.54, 1.807) is 0 Å². The van der Waals surface area contributed by atoms with Gasteiger partial charge in [0.1, 0.15) is 6.29 Å². The Kier molecular flexibility index (Phi) is 2.04. The number of rotatable bonds is 1. The summed E-state index contributed by atoms with van der Waals surface area (Å²) >= 11 is 0. The zero-order valence-corrected chi connectivity index (χ0v) is 5.71. The minimum Gasteiger partial charge on any atom is -0.303 e. The Morgan fingerprint density at radius 3 is 2.89 bits per heavy atom. The molecule has 1 rings (SSSR count). The van der Waals surface area contributed by atoms with Crippen LogP contribution in [0.1, 0.15) is 19.8 Å². The molecule has 0 aromatic rings. The summed E-state index contributed by atoms with van der Waals surface area (Å²) < 4.78 is 0. The van der Waals surface area contributed by atoms with Gasteiger partial charge in [0.15, 0.2) is 0 Å². The van der Waals surface area contributed by atoms with E-state index in [0.29, 0.717) is 5.92 Å². The minimum absolute atomic E-state index is 0.287. The van der Waals surface area contributed by atoms with Gasteiger partial charge >= 0.3 is 0 Å². The Bertz CT molecular complexity index is 127. The molecule has 0 N–H and O–H groups in total. The van der Waals surface area contributed by atoms with Crippen LogP contribution in [0.3, 0.4) is 0 Å². The summed E-state index contributed by atoms with van der Waals surface area (Å²) in [5.41, 5.74) is 0. The molecule has 0 spiro atoms. The molecule has 1 nitrogen and oxygen atoms in total. The van der Waals surface area contributed by atoms with Crippen LogP contribution in [0.4, 0.5) is 0 Å². The van der Waals surface area contributed by atoms with Gasteiger partial charge in [0.05, 0.1) is 0 Å². The van der Waals surface area contributed by atoms with Crippen LogP contribution in [0.15, 0.2) is 12.2 Å². The van der Waals surface area contributed by atoms with Crippen molar-refractivity contribution in [2.24, 2.45) is 11.8 Å². The third kappa shape index (κ3) is 1.41. The predicted octanol–water partition coefficient (Wildman–Crippen LogP) is 1.79. The maximum Gasteiger partial charge on any atom is 0.123 e. The molecule has 1 heteroatoms. The van der Waals surface area contributed by atoms with Gasteiger partial charge in [-0.15, -0.1) is 0 Å². The molecule has 9 heavy (non-hydrogen) atoms. The number of aldehydes is 1. The highest BCUT2D eigenvalue weighted by Crippen LogP contribution is 2.21. The van der Waals surface area contributed by atoms with Gasteiger partial charge in [-0.05, 0) is 18.8 Å². The summed E-state index contributed by atoms with van der Waals surface area (Å²) in [6, 6.07) is 0. The van der Waals surface area contributed by atoms with Crippen molar-refractivity contribution in [3.05, 3.63) is 12.2 Å². The first-order chi connectivity index (χ1) is 4.34. The molecule has 0 aliphatic heterocycles. The Balaban J connectivity index is 2.54. The zero-order valence-electron chi connectivity index (χ0n) is 5.71. The molecule has 0 saturated heterocycles. The zero-order chi connectivity index (χ0) is 6.69. The molecule has 0 aromatic heterocycles. The van der Waals surface area contributed by atoms with Gasteiger partial charge < -0.3 is 4.79 Å². The summed E-state index contributed by atoms with van der Waals surface area (Å²) in [5.74, 6) is 0.756. The van der Waals surface area contributed by atoms with Gasteiger partial charge in [0.25, 0.3) is 0 Å². The Morgan fingerprint density at radius 1 is 1.67 bits per heavy atom. The molecular formula is C8H12O. The average Bonchev–Trinajstić information content (AvgIpc) is 1.89. The molecule has 0 heterocycles. The van der Waals surface area contributed by atoms with Gasteiger partial charge in [0.2, 0.25) is 0 Å². The maximum atomic E-state index is 10.3. The van der Waals surface area contributed by atoms with Crippen molar-refractivity contribution in [1.29, 1.82) is 0 Å². The second kappa shape index (κ2) is 2.81. The van der Waals surface area contributed by atoms with Crippen molar-refractivity contribution >= 4 is 6.29 Å². The lowest BCUT2D eigenvalue weighted by atomic mass is 9.87. The van der Waals surface area contributed by atoms with Crippen molar-refractivity contribution in [2.75, 3.05) is 0 Å². The maximum absolute atomic E-state index is 10.3. The van der Waals surface area contributed by atoms with E-state index < -0.39 is 0 Å². The Labute approximate surface area is 55.8 Å². The van der Waals surface area contributed by atoms with Crippen LogP contribution >= 0.6 is 0 Å². The van der Waals surface area contributed by atoms with E-state index in [2.05, 4.69) is 19.1 Å². The molecule has 0 fully saturated rings. The number of carbonyl (C=O) groups excluding carboxylic acids is 1. The summed E-state index contributed by atoms with van der Waals surface area (Å²) in [6.45, 7) is 2.09. The molecule has 1 unspecified atom stereocenters. The summed E-state index contributed by atoms with van der Waals surface area (Å²) in [7, 11) is 0. The highest BCUT2D eigenvalue weighted by atomic mass is 16.1. The van der Waals surface area contributed by atoms with Crippen LogP contribution in [0.25, 0.3) is 0 Å². The van der Waals surface area contributed by atoms with E-state index in [0.717, 1.165) is 19.1 Å². The minimum atomic E-state index is 0.287. The van der Waals surface area contributed by atoms with Crippen molar-refractivity contribution in [3.8, 4) is 0 Å². The highest BCUT2D eigenvalue weighted by molar-refractivity contribution is 5.54. The summed E-state index contributed by atoms with van der Waals surface area (Å²) in [6.07, 6.45) is 7.48. The van der Waals surface area contributed by atoms with Crippen LogP contribution in [0.2, 0.25) is 0 Å².